The molecule has 0 saturated carbocycles. The maximum atomic E-state index is 12.9. The molecule has 9 nitrogen and oxygen atoms in total. The van der Waals surface area contributed by atoms with Crippen molar-refractivity contribution < 1.29 is 39.8 Å². The zero-order chi connectivity index (χ0) is 40.9. The number of aliphatic hydroxyl groups is 5. The lowest BCUT2D eigenvalue weighted by molar-refractivity contribution is -0.302. The fourth-order valence-electron chi connectivity index (χ4n) is 7.47. The van der Waals surface area contributed by atoms with Gasteiger partial charge in [-0.2, -0.15) is 0 Å². The predicted molar refractivity (Wildman–Crippen MR) is 230 cm³/mol. The first-order chi connectivity index (χ1) is 27.3. The maximum absolute atomic E-state index is 12.9. The van der Waals surface area contributed by atoms with Gasteiger partial charge < -0.3 is 40.3 Å². The van der Waals surface area contributed by atoms with Crippen molar-refractivity contribution in [2.45, 2.75) is 256 Å². The highest BCUT2D eigenvalue weighted by atomic mass is 16.7. The van der Waals surface area contributed by atoms with E-state index in [1.165, 1.54) is 154 Å². The molecule has 1 saturated heterocycles. The van der Waals surface area contributed by atoms with Crippen molar-refractivity contribution in [1.82, 2.24) is 5.32 Å². The van der Waals surface area contributed by atoms with Crippen molar-refractivity contribution in [3.05, 3.63) is 24.3 Å². The fourth-order valence-corrected chi connectivity index (χ4v) is 7.47. The molecule has 7 atom stereocenters. The van der Waals surface area contributed by atoms with Crippen molar-refractivity contribution in [3.8, 4) is 0 Å². The largest absolute Gasteiger partial charge is 0.394 e. The van der Waals surface area contributed by atoms with E-state index in [4.69, 9.17) is 9.47 Å². The summed E-state index contributed by atoms with van der Waals surface area (Å²) in [5.74, 6) is -0.185. The molecule has 0 spiro atoms. The quantitative estimate of drug-likeness (QED) is 0.0266. The molecule has 1 aliphatic heterocycles. The number of nitrogens with one attached hydrogen (secondary N) is 1. The first-order valence-electron chi connectivity index (χ1n) is 23.6. The third-order valence-electron chi connectivity index (χ3n) is 11.3. The molecule has 7 unspecified atom stereocenters. The van der Waals surface area contributed by atoms with Crippen LogP contribution in [0.25, 0.3) is 0 Å². The van der Waals surface area contributed by atoms with Crippen LogP contribution in [0.1, 0.15) is 213 Å². The zero-order valence-corrected chi connectivity index (χ0v) is 36.1. The van der Waals surface area contributed by atoms with E-state index in [9.17, 15) is 30.3 Å². The molecule has 0 radical (unpaired) electrons. The Morgan fingerprint density at radius 2 is 1.02 bits per heavy atom. The first kappa shape index (κ1) is 52.7. The number of rotatable bonds is 39. The number of hydrogen-bond donors (Lipinski definition) is 6. The van der Waals surface area contributed by atoms with Crippen LogP contribution >= 0.6 is 0 Å². The molecule has 0 aromatic carbocycles. The number of amides is 1. The summed E-state index contributed by atoms with van der Waals surface area (Å²) in [4.78, 5) is 12.9. The van der Waals surface area contributed by atoms with Crippen LogP contribution < -0.4 is 5.32 Å². The lowest BCUT2D eigenvalue weighted by atomic mass is 9.99. The van der Waals surface area contributed by atoms with Gasteiger partial charge in [-0.15, -0.1) is 0 Å². The Morgan fingerprint density at radius 3 is 1.50 bits per heavy atom. The number of carbonyl (C=O) groups excluding carboxylic acids is 1. The van der Waals surface area contributed by atoms with E-state index in [0.29, 0.717) is 6.42 Å². The van der Waals surface area contributed by atoms with Gasteiger partial charge in [0.2, 0.25) is 5.91 Å². The molecule has 0 aromatic rings. The molecule has 1 rings (SSSR count). The van der Waals surface area contributed by atoms with Crippen molar-refractivity contribution in [3.63, 3.8) is 0 Å². The Labute approximate surface area is 343 Å². The molecular formula is C47H89NO8. The molecule has 1 amide bonds. The van der Waals surface area contributed by atoms with Crippen LogP contribution in [0.15, 0.2) is 24.3 Å². The fraction of sp³-hybridized carbons (Fsp3) is 0.894. The van der Waals surface area contributed by atoms with Gasteiger partial charge in [0, 0.05) is 6.42 Å². The molecule has 1 fully saturated rings. The number of carbonyl (C=O) groups is 1. The second-order valence-electron chi connectivity index (χ2n) is 16.5. The van der Waals surface area contributed by atoms with Crippen LogP contribution in [-0.2, 0) is 14.3 Å². The molecule has 330 valence electrons. The minimum absolute atomic E-state index is 0.185. The summed E-state index contributed by atoms with van der Waals surface area (Å²) in [6.45, 7) is 3.76. The number of allylic oxidation sites excluding steroid dienone is 3. The molecule has 56 heavy (non-hydrogen) atoms. The standard InChI is InChI=1S/C47H89NO8/c1-3-5-7-9-11-13-15-17-19-20-21-22-23-24-26-28-30-32-34-36-41(50)40(39-55-47-46(54)45(53)44(52)42(38-49)56-47)48-43(51)37-35-33-31-29-27-25-18-16-14-12-10-8-6-4-2/h26,28,34,36,40-42,44-47,49-50,52-54H,3-25,27,29-33,35,37-39H2,1-2H3,(H,48,51)/b28-26+,36-34+. The highest BCUT2D eigenvalue weighted by Gasteiger charge is 2.44. The Bertz CT molecular complexity index is 930. The maximum Gasteiger partial charge on any atom is 0.220 e. The molecular weight excluding hydrogens is 707 g/mol. The Hall–Kier alpha value is -1.33. The predicted octanol–water partition coefficient (Wildman–Crippen LogP) is 9.89. The first-order valence-corrected chi connectivity index (χ1v) is 23.6. The van der Waals surface area contributed by atoms with Crippen LogP contribution in [0.3, 0.4) is 0 Å². The van der Waals surface area contributed by atoms with Crippen LogP contribution in [0.2, 0.25) is 0 Å². The number of hydrogen-bond acceptors (Lipinski definition) is 8. The summed E-state index contributed by atoms with van der Waals surface area (Å²) in [7, 11) is 0. The van der Waals surface area contributed by atoms with Crippen LogP contribution in [-0.4, -0.2) is 87.5 Å². The van der Waals surface area contributed by atoms with Gasteiger partial charge in [0.1, 0.15) is 24.4 Å². The van der Waals surface area contributed by atoms with Crippen molar-refractivity contribution in [2.75, 3.05) is 13.2 Å². The zero-order valence-electron chi connectivity index (χ0n) is 36.1. The lowest BCUT2D eigenvalue weighted by Gasteiger charge is -2.40. The summed E-state index contributed by atoms with van der Waals surface area (Å²) in [6.07, 6.45) is 37.9. The summed E-state index contributed by atoms with van der Waals surface area (Å²) < 4.78 is 11.2. The van der Waals surface area contributed by atoms with Crippen molar-refractivity contribution in [1.29, 1.82) is 0 Å². The highest BCUT2D eigenvalue weighted by Crippen LogP contribution is 2.23. The van der Waals surface area contributed by atoms with Gasteiger partial charge in [-0.1, -0.05) is 199 Å². The Morgan fingerprint density at radius 1 is 0.589 bits per heavy atom. The summed E-state index contributed by atoms with van der Waals surface area (Å²) in [5.41, 5.74) is 0. The third kappa shape index (κ3) is 28.2. The molecule has 1 heterocycles. The monoisotopic (exact) mass is 796 g/mol. The topological polar surface area (TPSA) is 149 Å². The van der Waals surface area contributed by atoms with Gasteiger partial charge in [-0.05, 0) is 32.1 Å². The van der Waals surface area contributed by atoms with E-state index in [1.54, 1.807) is 6.08 Å². The van der Waals surface area contributed by atoms with Crippen molar-refractivity contribution >= 4 is 5.91 Å². The summed E-state index contributed by atoms with van der Waals surface area (Å²) >= 11 is 0. The van der Waals surface area contributed by atoms with E-state index in [0.717, 1.165) is 38.5 Å². The average molecular weight is 796 g/mol. The molecule has 6 N–H and O–H groups in total. The molecule has 1 aliphatic rings. The van der Waals surface area contributed by atoms with Gasteiger partial charge in [0.15, 0.2) is 6.29 Å². The molecule has 0 bridgehead atoms. The van der Waals surface area contributed by atoms with Gasteiger partial charge in [-0.3, -0.25) is 4.79 Å². The normalized spacial score (nSPS) is 21.3. The van der Waals surface area contributed by atoms with Crippen LogP contribution in [0, 0.1) is 0 Å². The molecule has 9 heteroatoms. The summed E-state index contributed by atoms with van der Waals surface area (Å²) in [6, 6.07) is -0.816. The number of aliphatic hydroxyl groups excluding tert-OH is 5. The Balaban J connectivity index is 2.37. The minimum atomic E-state index is -1.57. The van der Waals surface area contributed by atoms with E-state index < -0.39 is 49.5 Å². The Kier molecular flexibility index (Phi) is 35.7. The second-order valence-corrected chi connectivity index (χ2v) is 16.5. The SMILES string of the molecule is CCCCCCCCCCCCCCC/C=C/CC/C=C/C(O)C(COC1OC(CO)C(O)C(O)C1O)NC(=O)CCCCCCCCCCCCCCCC. The van der Waals surface area contributed by atoms with E-state index in [1.807, 2.05) is 6.08 Å². The minimum Gasteiger partial charge on any atom is -0.394 e. The molecule has 0 aromatic heterocycles. The van der Waals surface area contributed by atoms with E-state index in [-0.39, 0.29) is 12.5 Å². The highest BCUT2D eigenvalue weighted by molar-refractivity contribution is 5.76. The lowest BCUT2D eigenvalue weighted by Crippen LogP contribution is -2.60. The molecule has 0 aliphatic carbocycles. The van der Waals surface area contributed by atoms with Gasteiger partial charge in [0.25, 0.3) is 0 Å². The van der Waals surface area contributed by atoms with Gasteiger partial charge >= 0.3 is 0 Å². The third-order valence-corrected chi connectivity index (χ3v) is 11.3. The number of unbranched alkanes of at least 4 members (excludes halogenated alkanes) is 27. The van der Waals surface area contributed by atoms with E-state index in [2.05, 4.69) is 31.3 Å². The van der Waals surface area contributed by atoms with Crippen LogP contribution in [0.4, 0.5) is 0 Å². The smallest absolute Gasteiger partial charge is 0.220 e. The van der Waals surface area contributed by atoms with Gasteiger partial charge in [0.05, 0.1) is 25.4 Å². The van der Waals surface area contributed by atoms with Crippen molar-refractivity contribution in [2.24, 2.45) is 0 Å². The van der Waals surface area contributed by atoms with Gasteiger partial charge in [-0.25, -0.2) is 0 Å². The summed E-state index contributed by atoms with van der Waals surface area (Å²) in [5, 5.41) is 54.2. The van der Waals surface area contributed by atoms with Crippen LogP contribution in [0.5, 0.6) is 0 Å². The number of ether oxygens (including phenoxy) is 2. The second kappa shape index (κ2) is 37.9. The van der Waals surface area contributed by atoms with E-state index >= 15 is 0 Å². The average Bonchev–Trinajstić information content (AvgIpc) is 3.20.